The average Bonchev–Trinajstić information content (AvgIpc) is 3.63. The largest absolute Gasteiger partial charge is 0.509 e. The summed E-state index contributed by atoms with van der Waals surface area (Å²) in [4.78, 5) is 11.8. The molecule has 1 aliphatic rings. The zero-order valence-electron chi connectivity index (χ0n) is 26.6. The molecule has 5 aromatic carbocycles. The van der Waals surface area contributed by atoms with Crippen LogP contribution in [0.5, 0.6) is 11.5 Å². The molecule has 3 aromatic heterocycles. The van der Waals surface area contributed by atoms with Crippen LogP contribution in [0.4, 0.5) is 11.4 Å². The van der Waals surface area contributed by atoms with Crippen molar-refractivity contribution in [3.05, 3.63) is 146 Å². The quantitative estimate of drug-likeness (QED) is 0.166. The first-order valence-corrected chi connectivity index (χ1v) is 15.8. The van der Waals surface area contributed by atoms with Gasteiger partial charge in [0, 0.05) is 61.3 Å². The van der Waals surface area contributed by atoms with E-state index >= 15 is 0 Å². The predicted molar refractivity (Wildman–Crippen MR) is 188 cm³/mol. The Bertz CT molecular complexity index is 2470. The molecule has 6 nitrogen and oxygen atoms in total. The second-order valence-electron chi connectivity index (χ2n) is 12.9. The van der Waals surface area contributed by atoms with Crippen LogP contribution in [0.3, 0.4) is 0 Å². The molecule has 0 saturated heterocycles. The van der Waals surface area contributed by atoms with Crippen LogP contribution in [0.1, 0.15) is 26.3 Å². The van der Waals surface area contributed by atoms with E-state index in [1.54, 1.807) is 0 Å². The van der Waals surface area contributed by atoms with Gasteiger partial charge < -0.3 is 23.8 Å². The van der Waals surface area contributed by atoms with Crippen molar-refractivity contribution in [1.82, 2.24) is 19.1 Å². The van der Waals surface area contributed by atoms with Crippen LogP contribution < -0.4 is 9.64 Å². The van der Waals surface area contributed by atoms with Gasteiger partial charge in [-0.15, -0.1) is 41.3 Å². The van der Waals surface area contributed by atoms with Gasteiger partial charge in [0.25, 0.3) is 0 Å². The maximum atomic E-state index is 6.65. The molecule has 0 N–H and O–H groups in total. The second-order valence-corrected chi connectivity index (χ2v) is 12.9. The molecule has 0 unspecified atom stereocenters. The number of hydrogen-bond acceptors (Lipinski definition) is 4. The first kappa shape index (κ1) is 30.0. The summed E-state index contributed by atoms with van der Waals surface area (Å²) in [5.41, 5.74) is 7.97. The van der Waals surface area contributed by atoms with Crippen LogP contribution in [-0.2, 0) is 26.5 Å². The Morgan fingerprint density at radius 3 is 2.33 bits per heavy atom. The number of pyridine rings is 1. The molecular weight excluding hydrogens is 774 g/mol. The molecule has 0 amide bonds. The third-order valence-electron chi connectivity index (χ3n) is 8.84. The van der Waals surface area contributed by atoms with Crippen molar-refractivity contribution in [3.63, 3.8) is 0 Å². The molecule has 0 fully saturated rings. The van der Waals surface area contributed by atoms with E-state index in [0.29, 0.717) is 11.5 Å². The van der Waals surface area contributed by atoms with Gasteiger partial charge in [-0.1, -0.05) is 92.6 Å². The summed E-state index contributed by atoms with van der Waals surface area (Å²) in [5, 5.41) is 2.24. The minimum atomic E-state index is -0.136. The van der Waals surface area contributed by atoms with Crippen molar-refractivity contribution in [1.29, 1.82) is 0 Å². The van der Waals surface area contributed by atoms with Crippen molar-refractivity contribution in [2.75, 3.05) is 4.90 Å². The van der Waals surface area contributed by atoms with E-state index in [-0.39, 0.29) is 26.5 Å². The molecule has 0 bridgehead atoms. The summed E-state index contributed by atoms with van der Waals surface area (Å²) in [5.74, 6) is 2.99. The zero-order chi connectivity index (χ0) is 31.7. The summed E-state index contributed by atoms with van der Waals surface area (Å²) >= 11 is 0. The third-order valence-corrected chi connectivity index (χ3v) is 8.84. The van der Waals surface area contributed by atoms with E-state index in [4.69, 9.17) is 9.72 Å². The monoisotopic (exact) mass is 803 g/mol. The topological polar surface area (TPSA) is 48.1 Å². The first-order chi connectivity index (χ1) is 22.9. The predicted octanol–water partition coefficient (Wildman–Crippen LogP) is 10.0. The van der Waals surface area contributed by atoms with Crippen molar-refractivity contribution < 1.29 is 25.8 Å². The smallest absolute Gasteiger partial charge is 0.135 e. The van der Waals surface area contributed by atoms with Crippen LogP contribution in [0.15, 0.2) is 121 Å². The maximum Gasteiger partial charge on any atom is 0.135 e. The number of benzene rings is 5. The van der Waals surface area contributed by atoms with Gasteiger partial charge >= 0.3 is 0 Å². The molecule has 238 valence electrons. The van der Waals surface area contributed by atoms with Gasteiger partial charge in [-0.25, -0.2) is 4.98 Å². The normalized spacial score (nSPS) is 12.4. The van der Waals surface area contributed by atoms with Gasteiger partial charge in [-0.05, 0) is 58.9 Å². The SMILES string of the molecule is CC(C)(C)c1cc(Oc2[c-]c3c(cc2)c2ccccc2n3-c2ccccn2)[c-]c(N2[CH-]n3c(nc4ccccc43)-c3ccccc32)c1.[Pt]. The Labute approximate surface area is 293 Å². The summed E-state index contributed by atoms with van der Waals surface area (Å²) in [7, 11) is 0. The summed E-state index contributed by atoms with van der Waals surface area (Å²) in [6, 6.07) is 46.5. The van der Waals surface area contributed by atoms with Gasteiger partial charge in [0.1, 0.15) is 5.82 Å². The Morgan fingerprint density at radius 1 is 0.729 bits per heavy atom. The summed E-state index contributed by atoms with van der Waals surface area (Å²) in [6.07, 6.45) is 1.82. The Balaban J connectivity index is 0.00000336. The Hall–Kier alpha value is -5.32. The van der Waals surface area contributed by atoms with Crippen molar-refractivity contribution in [2.45, 2.75) is 26.2 Å². The van der Waals surface area contributed by atoms with E-state index in [0.717, 1.165) is 67.0 Å². The average molecular weight is 804 g/mol. The Morgan fingerprint density at radius 2 is 1.50 bits per heavy atom. The number of anilines is 2. The van der Waals surface area contributed by atoms with Crippen LogP contribution in [0.2, 0.25) is 0 Å². The van der Waals surface area contributed by atoms with Gasteiger partial charge in [0.15, 0.2) is 0 Å². The van der Waals surface area contributed by atoms with Crippen LogP contribution in [0.25, 0.3) is 50.0 Å². The fraction of sp³-hybridized carbons (Fsp3) is 0.0976. The van der Waals surface area contributed by atoms with E-state index in [9.17, 15) is 0 Å². The molecule has 0 spiro atoms. The zero-order valence-corrected chi connectivity index (χ0v) is 28.9. The molecule has 4 heterocycles. The number of rotatable bonds is 4. The summed E-state index contributed by atoms with van der Waals surface area (Å²) in [6.45, 7) is 8.76. The minimum Gasteiger partial charge on any atom is -0.509 e. The molecule has 0 atom stereocenters. The van der Waals surface area contributed by atoms with Crippen LogP contribution in [0, 0.1) is 18.8 Å². The third kappa shape index (κ3) is 4.87. The molecule has 0 saturated carbocycles. The van der Waals surface area contributed by atoms with E-state index in [1.165, 1.54) is 0 Å². The molecule has 7 heteroatoms. The Kier molecular flexibility index (Phi) is 7.15. The van der Waals surface area contributed by atoms with E-state index in [1.807, 2.05) is 36.5 Å². The van der Waals surface area contributed by atoms with Crippen molar-refractivity contribution >= 4 is 44.2 Å². The maximum absolute atomic E-state index is 6.65. The van der Waals surface area contributed by atoms with Gasteiger partial charge in [-0.2, -0.15) is 6.07 Å². The molecule has 0 radical (unpaired) electrons. The van der Waals surface area contributed by atoms with Gasteiger partial charge in [-0.3, -0.25) is 0 Å². The fourth-order valence-electron chi connectivity index (χ4n) is 6.52. The number of hydrogen-bond donors (Lipinski definition) is 0. The minimum absolute atomic E-state index is 0. The first-order valence-electron chi connectivity index (χ1n) is 15.8. The number of fused-ring (bicyclic) bond motifs is 8. The molecule has 9 rings (SSSR count). The molecule has 48 heavy (non-hydrogen) atoms. The van der Waals surface area contributed by atoms with Crippen molar-refractivity contribution in [3.8, 4) is 28.7 Å². The standard InChI is InChI=1S/C41H30N5O.Pt/c1-41(2,3)27-22-28(44-26-45-37-17-9-6-14-34(37)43-40(45)33-13-5-7-15-35(33)44)24-30(23-27)47-29-19-20-32-31-12-4-8-16-36(31)46(38(32)25-29)39-18-10-11-21-42-39;/h4-23,26H,1-3H3;/q-3;. The number of imidazole rings is 1. The van der Waals surface area contributed by atoms with E-state index < -0.39 is 0 Å². The van der Waals surface area contributed by atoms with E-state index in [2.05, 4.69) is 144 Å². The van der Waals surface area contributed by atoms with Gasteiger partial charge in [0.05, 0.1) is 0 Å². The fourth-order valence-corrected chi connectivity index (χ4v) is 6.52. The number of nitrogens with zero attached hydrogens (tertiary/aromatic N) is 5. The van der Waals surface area contributed by atoms with Crippen LogP contribution in [-0.4, -0.2) is 19.1 Å². The van der Waals surface area contributed by atoms with Crippen LogP contribution >= 0.6 is 0 Å². The molecule has 8 aromatic rings. The number of aromatic nitrogens is 4. The molecule has 0 aliphatic carbocycles. The molecule has 1 aliphatic heterocycles. The molecular formula is C41H30N5OPt-3. The number of ether oxygens (including phenoxy) is 1. The second kappa shape index (κ2) is 11.4. The number of para-hydroxylation sites is 4. The summed E-state index contributed by atoms with van der Waals surface area (Å²) < 4.78 is 11.0. The van der Waals surface area contributed by atoms with Crippen molar-refractivity contribution in [2.24, 2.45) is 0 Å². The van der Waals surface area contributed by atoms with Gasteiger partial charge in [0.2, 0.25) is 0 Å².